The molecule has 8 nitrogen and oxygen atoms in total. The van der Waals surface area contributed by atoms with Crippen LogP contribution in [0.2, 0.25) is 0 Å². The van der Waals surface area contributed by atoms with Crippen LogP contribution in [-0.2, 0) is 19.1 Å². The van der Waals surface area contributed by atoms with Gasteiger partial charge in [0.25, 0.3) is 5.91 Å². The highest BCUT2D eigenvalue weighted by Crippen LogP contribution is 2.69. The molecule has 1 spiro atoms. The number of hydrogen-bond donors (Lipinski definition) is 1. The predicted molar refractivity (Wildman–Crippen MR) is 189 cm³/mol. The lowest BCUT2D eigenvalue weighted by molar-refractivity contribution is -0.155. The zero-order chi connectivity index (χ0) is 33.7. The van der Waals surface area contributed by atoms with Gasteiger partial charge in [-0.1, -0.05) is 49.4 Å². The van der Waals surface area contributed by atoms with Crippen molar-refractivity contribution in [1.82, 2.24) is 4.90 Å². The maximum atomic E-state index is 15.1. The Hall–Kier alpha value is -3.56. The SMILES string of the molecule is C=CCCCCOC(=O)[C@@H]1[C@H]2C(=O)N([C@H](CO)c3ccccc3)C(C(=O)N(CC=C)c3ccc(N(CC)CC)cc3)C23S[C@@H]1CC3C. The fourth-order valence-electron chi connectivity index (χ4n) is 8.06. The quantitative estimate of drug-likeness (QED) is 0.134. The lowest BCUT2D eigenvalue weighted by Gasteiger charge is -2.42. The van der Waals surface area contributed by atoms with Crippen molar-refractivity contribution in [3.05, 3.63) is 85.5 Å². The minimum Gasteiger partial charge on any atom is -0.465 e. The third kappa shape index (κ3) is 6.24. The van der Waals surface area contributed by atoms with Gasteiger partial charge in [0.05, 0.1) is 35.8 Å². The summed E-state index contributed by atoms with van der Waals surface area (Å²) < 4.78 is 4.95. The second-order valence-corrected chi connectivity index (χ2v) is 14.3. The molecular formula is C38H49N3O5S. The molecule has 9 heteroatoms. The van der Waals surface area contributed by atoms with Gasteiger partial charge in [0, 0.05) is 36.3 Å². The number of allylic oxidation sites excluding steroid dienone is 1. The van der Waals surface area contributed by atoms with Crippen LogP contribution < -0.4 is 9.80 Å². The van der Waals surface area contributed by atoms with E-state index in [4.69, 9.17) is 4.74 Å². The summed E-state index contributed by atoms with van der Waals surface area (Å²) in [5.41, 5.74) is 2.51. The highest BCUT2D eigenvalue weighted by molar-refractivity contribution is 8.02. The van der Waals surface area contributed by atoms with Crippen LogP contribution in [0.25, 0.3) is 0 Å². The number of carbonyl (C=O) groups is 3. The summed E-state index contributed by atoms with van der Waals surface area (Å²) in [6.45, 7) is 15.9. The van der Waals surface area contributed by atoms with Crippen molar-refractivity contribution in [2.45, 2.75) is 68.5 Å². The predicted octanol–water partition coefficient (Wildman–Crippen LogP) is 6.02. The van der Waals surface area contributed by atoms with E-state index in [1.165, 1.54) is 0 Å². The van der Waals surface area contributed by atoms with Gasteiger partial charge in [-0.25, -0.2) is 0 Å². The second-order valence-electron chi connectivity index (χ2n) is 12.8. The number of esters is 1. The molecule has 0 saturated carbocycles. The van der Waals surface area contributed by atoms with Crippen molar-refractivity contribution in [2.24, 2.45) is 17.8 Å². The normalized spacial score (nSPS) is 26.5. The van der Waals surface area contributed by atoms with E-state index in [0.717, 1.165) is 43.6 Å². The number of benzene rings is 2. The van der Waals surface area contributed by atoms with Gasteiger partial charge >= 0.3 is 5.97 Å². The fourth-order valence-corrected chi connectivity index (χ4v) is 10.5. The number of fused-ring (bicyclic) bond motifs is 1. The van der Waals surface area contributed by atoms with Crippen LogP contribution in [0.1, 0.15) is 58.1 Å². The molecule has 3 saturated heterocycles. The van der Waals surface area contributed by atoms with Gasteiger partial charge in [0.15, 0.2) is 0 Å². The van der Waals surface area contributed by atoms with Crippen LogP contribution in [0.4, 0.5) is 11.4 Å². The van der Waals surface area contributed by atoms with Crippen LogP contribution in [0, 0.1) is 17.8 Å². The number of hydrogen-bond acceptors (Lipinski definition) is 7. The van der Waals surface area contributed by atoms with E-state index in [2.05, 4.69) is 38.8 Å². The zero-order valence-electron chi connectivity index (χ0n) is 27.9. The third-order valence-electron chi connectivity index (χ3n) is 10.3. The molecule has 2 amide bonds. The monoisotopic (exact) mass is 659 g/mol. The van der Waals surface area contributed by atoms with Gasteiger partial charge in [0.1, 0.15) is 6.04 Å². The molecule has 3 aliphatic heterocycles. The highest BCUT2D eigenvalue weighted by atomic mass is 32.2. The fraction of sp³-hybridized carbons (Fsp3) is 0.500. The first kappa shape index (κ1) is 34.8. The first-order chi connectivity index (χ1) is 22.8. The molecule has 2 bridgehead atoms. The summed E-state index contributed by atoms with van der Waals surface area (Å²) in [5.74, 6) is -2.27. The molecule has 0 aliphatic carbocycles. The second kappa shape index (κ2) is 15.1. The Morgan fingerprint density at radius 2 is 1.74 bits per heavy atom. The minimum absolute atomic E-state index is 0.0206. The van der Waals surface area contributed by atoms with E-state index in [0.29, 0.717) is 12.1 Å². The minimum atomic E-state index is -0.907. The number of carbonyl (C=O) groups excluding carboxylic acids is 3. The van der Waals surface area contributed by atoms with Crippen LogP contribution in [-0.4, -0.2) is 76.7 Å². The van der Waals surface area contributed by atoms with Crippen molar-refractivity contribution in [3.8, 4) is 0 Å². The Labute approximate surface area is 283 Å². The van der Waals surface area contributed by atoms with E-state index in [1.54, 1.807) is 27.6 Å². The Balaban J connectivity index is 1.57. The number of nitrogens with zero attached hydrogens (tertiary/aromatic N) is 3. The number of thioether (sulfide) groups is 1. The van der Waals surface area contributed by atoms with E-state index >= 15 is 4.79 Å². The molecule has 3 heterocycles. The molecule has 3 unspecified atom stereocenters. The number of ether oxygens (including phenoxy) is 1. The Kier molecular flexibility index (Phi) is 11.2. The first-order valence-electron chi connectivity index (χ1n) is 17.0. The van der Waals surface area contributed by atoms with Gasteiger partial charge in [-0.3, -0.25) is 14.4 Å². The molecule has 1 N–H and O–H groups in total. The van der Waals surface area contributed by atoms with Crippen molar-refractivity contribution in [2.75, 3.05) is 42.6 Å². The largest absolute Gasteiger partial charge is 0.465 e. The lowest BCUT2D eigenvalue weighted by atomic mass is 9.66. The molecule has 5 rings (SSSR count). The summed E-state index contributed by atoms with van der Waals surface area (Å²) in [7, 11) is 0. The van der Waals surface area contributed by atoms with E-state index in [-0.39, 0.29) is 48.7 Å². The zero-order valence-corrected chi connectivity index (χ0v) is 28.7. The van der Waals surface area contributed by atoms with E-state index in [9.17, 15) is 14.7 Å². The first-order valence-corrected chi connectivity index (χ1v) is 17.9. The van der Waals surface area contributed by atoms with Gasteiger partial charge in [-0.2, -0.15) is 0 Å². The van der Waals surface area contributed by atoms with Gasteiger partial charge < -0.3 is 24.5 Å². The molecule has 2 aromatic carbocycles. The molecule has 3 aliphatic rings. The number of anilines is 2. The summed E-state index contributed by atoms with van der Waals surface area (Å²) in [6, 6.07) is 15.6. The van der Waals surface area contributed by atoms with E-state index < -0.39 is 28.7 Å². The number of unbranched alkanes of at least 4 members (excludes halogenated alkanes) is 2. The van der Waals surface area contributed by atoms with Crippen molar-refractivity contribution >= 4 is 40.9 Å². The molecular weight excluding hydrogens is 611 g/mol. The highest BCUT2D eigenvalue weighted by Gasteiger charge is 2.77. The Morgan fingerprint density at radius 3 is 2.36 bits per heavy atom. The number of aliphatic hydroxyl groups is 1. The molecule has 0 aromatic heterocycles. The lowest BCUT2D eigenvalue weighted by Crippen LogP contribution is -2.58. The van der Waals surface area contributed by atoms with Crippen LogP contribution in [0.5, 0.6) is 0 Å². The summed E-state index contributed by atoms with van der Waals surface area (Å²) >= 11 is 1.61. The topological polar surface area (TPSA) is 90.4 Å². The Morgan fingerprint density at radius 1 is 1.06 bits per heavy atom. The standard InChI is InChI=1S/C38H49N3O5S/c1-6-10-11-15-23-46-37(45)32-31-24-26(5)38(47-31)33(32)35(43)41(30(25-42)27-16-13-12-14-17-27)34(38)36(44)40(22-7-2)29-20-18-28(19-21-29)39(8-3)9-4/h6-7,12-14,16-21,26,30-34,42H,1-2,8-11,15,22-25H2,3-5H3/t26?,30-,31-,32+,33+,34?,38?/m1/s1. The van der Waals surface area contributed by atoms with Crippen molar-refractivity contribution < 1.29 is 24.2 Å². The molecule has 3 fully saturated rings. The van der Waals surface area contributed by atoms with Gasteiger partial charge in [0.2, 0.25) is 5.91 Å². The molecule has 47 heavy (non-hydrogen) atoms. The third-order valence-corrected chi connectivity index (χ3v) is 12.4. The summed E-state index contributed by atoms with van der Waals surface area (Å²) in [6.07, 6.45) is 6.69. The van der Waals surface area contributed by atoms with Gasteiger partial charge in [-0.15, -0.1) is 24.9 Å². The van der Waals surface area contributed by atoms with Crippen LogP contribution >= 0.6 is 11.8 Å². The molecule has 0 radical (unpaired) electrons. The van der Waals surface area contributed by atoms with Crippen LogP contribution in [0.3, 0.4) is 0 Å². The van der Waals surface area contributed by atoms with Crippen molar-refractivity contribution in [1.29, 1.82) is 0 Å². The number of rotatable bonds is 16. The average molecular weight is 660 g/mol. The number of amides is 2. The smallest absolute Gasteiger partial charge is 0.310 e. The van der Waals surface area contributed by atoms with E-state index in [1.807, 2.05) is 60.7 Å². The van der Waals surface area contributed by atoms with Gasteiger partial charge in [-0.05, 0) is 75.3 Å². The van der Waals surface area contributed by atoms with Crippen LogP contribution in [0.15, 0.2) is 79.9 Å². The maximum absolute atomic E-state index is 15.1. The Bertz CT molecular complexity index is 1430. The summed E-state index contributed by atoms with van der Waals surface area (Å²) in [5, 5.41) is 10.7. The number of aliphatic hydroxyl groups excluding tert-OH is 1. The van der Waals surface area contributed by atoms with Crippen molar-refractivity contribution in [3.63, 3.8) is 0 Å². The maximum Gasteiger partial charge on any atom is 0.310 e. The number of likely N-dealkylation sites (tertiary alicyclic amines) is 1. The summed E-state index contributed by atoms with van der Waals surface area (Å²) in [4.78, 5) is 49.3. The molecule has 252 valence electrons. The molecule has 7 atom stereocenters. The average Bonchev–Trinajstić information content (AvgIpc) is 3.68. The molecule has 2 aromatic rings.